The van der Waals surface area contributed by atoms with E-state index in [0.717, 1.165) is 5.56 Å². The van der Waals surface area contributed by atoms with Gasteiger partial charge in [-0.2, -0.15) is 5.10 Å². The van der Waals surface area contributed by atoms with Crippen molar-refractivity contribution in [2.24, 2.45) is 7.05 Å². The van der Waals surface area contributed by atoms with Gasteiger partial charge in [-0.15, -0.1) is 0 Å². The summed E-state index contributed by atoms with van der Waals surface area (Å²) in [6.45, 7) is 1.56. The summed E-state index contributed by atoms with van der Waals surface area (Å²) in [4.78, 5) is 55.8. The molecule has 12 nitrogen and oxygen atoms in total. The van der Waals surface area contributed by atoms with E-state index in [2.05, 4.69) is 31.0 Å². The van der Waals surface area contributed by atoms with Crippen LogP contribution in [0.4, 0.5) is 11.5 Å². The van der Waals surface area contributed by atoms with Gasteiger partial charge in [0.1, 0.15) is 28.9 Å². The Labute approximate surface area is 187 Å². The lowest BCUT2D eigenvalue weighted by molar-refractivity contribution is -0.121. The molecule has 3 aromatic rings. The van der Waals surface area contributed by atoms with Crippen molar-refractivity contribution in [3.63, 3.8) is 0 Å². The fourth-order valence-electron chi connectivity index (χ4n) is 3.35. The van der Waals surface area contributed by atoms with Gasteiger partial charge in [0.05, 0.1) is 5.69 Å². The normalized spacial score (nSPS) is 12.5. The number of aromatic nitrogens is 4. The average Bonchev–Trinajstić information content (AvgIpc) is 3.11. The molecule has 3 amide bonds. The number of aryl methyl sites for hydroxylation is 1. The molecule has 0 spiro atoms. The molecule has 1 aromatic carbocycles. The van der Waals surface area contributed by atoms with Crippen LogP contribution in [0, 0.1) is 0 Å². The van der Waals surface area contributed by atoms with Gasteiger partial charge in [-0.05, 0) is 24.6 Å². The third kappa shape index (κ3) is 4.79. The second kappa shape index (κ2) is 9.02. The summed E-state index contributed by atoms with van der Waals surface area (Å²) in [6, 6.07) is 5.23. The highest BCUT2D eigenvalue weighted by Crippen LogP contribution is 2.28. The lowest BCUT2D eigenvalue weighted by Crippen LogP contribution is -2.26. The zero-order chi connectivity index (χ0) is 23.5. The minimum absolute atomic E-state index is 0.0259. The summed E-state index contributed by atoms with van der Waals surface area (Å²) < 4.78 is 6.74. The van der Waals surface area contributed by atoms with Gasteiger partial charge in [0.25, 0.3) is 11.8 Å². The minimum atomic E-state index is -0.460. The highest BCUT2D eigenvalue weighted by Gasteiger charge is 2.21. The molecule has 1 aliphatic heterocycles. The second-order valence-corrected chi connectivity index (χ2v) is 7.49. The van der Waals surface area contributed by atoms with Gasteiger partial charge in [-0.25, -0.2) is 9.97 Å². The Hall–Kier alpha value is -4.35. The molecule has 3 N–H and O–H groups in total. The average molecular weight is 451 g/mol. The van der Waals surface area contributed by atoms with Crippen LogP contribution in [0.2, 0.25) is 0 Å². The van der Waals surface area contributed by atoms with Crippen LogP contribution >= 0.6 is 0 Å². The Balaban J connectivity index is 1.50. The molecular formula is C21H21N7O5. The number of fused-ring (bicyclic) bond motifs is 2. The number of ether oxygens (including phenoxy) is 1. The van der Waals surface area contributed by atoms with Gasteiger partial charge in [-0.3, -0.25) is 19.1 Å². The lowest BCUT2D eigenvalue weighted by Gasteiger charge is -2.18. The summed E-state index contributed by atoms with van der Waals surface area (Å²) in [5, 5.41) is 12.4. The van der Waals surface area contributed by atoms with E-state index in [9.17, 15) is 19.2 Å². The van der Waals surface area contributed by atoms with Crippen LogP contribution in [0.15, 0.2) is 24.5 Å². The van der Waals surface area contributed by atoms with Crippen molar-refractivity contribution in [3.8, 4) is 5.75 Å². The van der Waals surface area contributed by atoms with Crippen LogP contribution in [-0.2, 0) is 28.0 Å². The van der Waals surface area contributed by atoms with Crippen molar-refractivity contribution in [3.05, 3.63) is 35.8 Å². The zero-order valence-electron chi connectivity index (χ0n) is 18.0. The molecular weight excluding hydrogens is 430 g/mol. The first kappa shape index (κ1) is 21.9. The molecule has 0 unspecified atom stereocenters. The Bertz CT molecular complexity index is 1280. The molecule has 2 aromatic heterocycles. The number of amides is 3. The monoisotopic (exact) mass is 451 g/mol. The third-order valence-electron chi connectivity index (χ3n) is 4.93. The number of hydrogen-bond donors (Lipinski definition) is 3. The molecule has 0 fully saturated rings. The second-order valence-electron chi connectivity index (χ2n) is 7.49. The Kier molecular flexibility index (Phi) is 5.98. The Morgan fingerprint density at radius 2 is 2.03 bits per heavy atom. The molecule has 12 heteroatoms. The summed E-state index contributed by atoms with van der Waals surface area (Å²) in [5.74, 6) is -0.423. The molecule has 0 bridgehead atoms. The quantitative estimate of drug-likeness (QED) is 0.479. The smallest absolute Gasteiger partial charge is 0.272 e. The van der Waals surface area contributed by atoms with E-state index in [1.807, 2.05) is 0 Å². The molecule has 0 saturated carbocycles. The van der Waals surface area contributed by atoms with Crippen molar-refractivity contribution in [2.45, 2.75) is 26.3 Å². The molecule has 33 heavy (non-hydrogen) atoms. The lowest BCUT2D eigenvalue weighted by atomic mass is 10.1. The van der Waals surface area contributed by atoms with Crippen molar-refractivity contribution in [2.75, 3.05) is 17.2 Å². The molecule has 1 aliphatic rings. The number of rotatable bonds is 7. The van der Waals surface area contributed by atoms with Crippen molar-refractivity contribution < 1.29 is 23.9 Å². The Morgan fingerprint density at radius 3 is 2.82 bits per heavy atom. The summed E-state index contributed by atoms with van der Waals surface area (Å²) in [7, 11) is 1.61. The first-order chi connectivity index (χ1) is 15.8. The summed E-state index contributed by atoms with van der Waals surface area (Å²) in [5.41, 5.74) is 2.04. The molecule has 0 saturated heterocycles. The maximum absolute atomic E-state index is 12.9. The fraction of sp³-hybridized carbons (Fsp3) is 0.286. The van der Waals surface area contributed by atoms with E-state index >= 15 is 0 Å². The standard InChI is InChI=1S/C21H21N7O5/c1-11(29)3-6-15(30)26-20-17-19(28(2)27-20)18(24-10-23-17)21(32)22-8-12-4-5-14-13(7-12)25-16(31)9-33-14/h4-5,7,10H,3,6,8-9H2,1-2H3,(H,22,32)(H,25,31)(H,26,27,30). The van der Waals surface area contributed by atoms with Gasteiger partial charge >= 0.3 is 0 Å². The van der Waals surface area contributed by atoms with E-state index in [4.69, 9.17) is 4.74 Å². The van der Waals surface area contributed by atoms with Crippen molar-refractivity contribution in [1.29, 1.82) is 0 Å². The number of anilines is 2. The predicted molar refractivity (Wildman–Crippen MR) is 117 cm³/mol. The van der Waals surface area contributed by atoms with Gasteiger partial charge in [0.15, 0.2) is 18.1 Å². The van der Waals surface area contributed by atoms with Gasteiger partial charge in [0, 0.05) is 26.4 Å². The van der Waals surface area contributed by atoms with Gasteiger partial charge < -0.3 is 25.5 Å². The maximum Gasteiger partial charge on any atom is 0.272 e. The topological polar surface area (TPSA) is 157 Å². The van der Waals surface area contributed by atoms with Crippen LogP contribution in [0.1, 0.15) is 35.8 Å². The molecule has 0 radical (unpaired) electrons. The van der Waals surface area contributed by atoms with E-state index in [1.165, 1.54) is 17.9 Å². The van der Waals surface area contributed by atoms with E-state index < -0.39 is 5.91 Å². The van der Waals surface area contributed by atoms with Crippen LogP contribution < -0.4 is 20.7 Å². The number of Topliss-reactive ketones (excluding diaryl/α,β-unsaturated/α-hetero) is 1. The Morgan fingerprint density at radius 1 is 1.21 bits per heavy atom. The molecule has 3 heterocycles. The highest BCUT2D eigenvalue weighted by molar-refractivity contribution is 6.07. The fourth-order valence-corrected chi connectivity index (χ4v) is 3.35. The summed E-state index contributed by atoms with van der Waals surface area (Å²) in [6.07, 6.45) is 1.37. The number of benzene rings is 1. The van der Waals surface area contributed by atoms with Crippen molar-refractivity contribution in [1.82, 2.24) is 25.1 Å². The van der Waals surface area contributed by atoms with E-state index in [1.54, 1.807) is 25.2 Å². The van der Waals surface area contributed by atoms with Crippen LogP contribution in [0.25, 0.3) is 11.0 Å². The number of nitrogens with one attached hydrogen (secondary N) is 3. The number of ketones is 1. The molecule has 4 rings (SSSR count). The first-order valence-electron chi connectivity index (χ1n) is 10.1. The van der Waals surface area contributed by atoms with Crippen LogP contribution in [-0.4, -0.2) is 49.9 Å². The SMILES string of the molecule is CC(=O)CCC(=O)Nc1nn(C)c2c(C(=O)NCc3ccc4c(c3)NC(=O)CO4)ncnc12. The van der Waals surface area contributed by atoms with Crippen molar-refractivity contribution >= 4 is 46.0 Å². The largest absolute Gasteiger partial charge is 0.482 e. The van der Waals surface area contributed by atoms with E-state index in [0.29, 0.717) is 22.5 Å². The minimum Gasteiger partial charge on any atom is -0.482 e. The first-order valence-corrected chi connectivity index (χ1v) is 10.1. The summed E-state index contributed by atoms with van der Waals surface area (Å²) >= 11 is 0. The molecule has 0 aliphatic carbocycles. The number of carbonyl (C=O) groups excluding carboxylic acids is 4. The van der Waals surface area contributed by atoms with Crippen LogP contribution in [0.3, 0.4) is 0 Å². The van der Waals surface area contributed by atoms with Gasteiger partial charge in [-0.1, -0.05) is 6.07 Å². The highest BCUT2D eigenvalue weighted by atomic mass is 16.5. The van der Waals surface area contributed by atoms with E-state index in [-0.39, 0.29) is 55.1 Å². The van der Waals surface area contributed by atoms with Gasteiger partial charge in [0.2, 0.25) is 5.91 Å². The maximum atomic E-state index is 12.9. The predicted octanol–water partition coefficient (Wildman–Crippen LogP) is 0.932. The number of hydrogen-bond acceptors (Lipinski definition) is 8. The number of carbonyl (C=O) groups is 4. The number of nitrogens with zero attached hydrogens (tertiary/aromatic N) is 4. The molecule has 170 valence electrons. The zero-order valence-corrected chi connectivity index (χ0v) is 18.0. The third-order valence-corrected chi connectivity index (χ3v) is 4.93. The molecule has 0 atom stereocenters. The van der Waals surface area contributed by atoms with Crippen LogP contribution in [0.5, 0.6) is 5.75 Å².